The Kier molecular flexibility index (Phi) is 11.1. The van der Waals surface area contributed by atoms with Crippen LogP contribution >= 0.6 is 0 Å². The first-order chi connectivity index (χ1) is 26.9. The molecule has 5 aromatic carbocycles. The van der Waals surface area contributed by atoms with Crippen LogP contribution < -0.4 is 19.9 Å². The van der Waals surface area contributed by atoms with Crippen LogP contribution in [0.5, 0.6) is 11.5 Å². The van der Waals surface area contributed by atoms with Crippen LogP contribution in [0.15, 0.2) is 48.5 Å². The molecule has 0 unspecified atom stereocenters. The first-order valence-corrected chi connectivity index (χ1v) is 14.8. The number of benzene rings is 5. The minimum absolute atomic E-state index is 0.107. The smallest absolute Gasteiger partial charge is 0.403 e. The highest BCUT2D eigenvalue weighted by atomic mass is 19.4. The van der Waals surface area contributed by atoms with Crippen molar-refractivity contribution in [3.63, 3.8) is 0 Å². The molecule has 58 heavy (non-hydrogen) atoms. The van der Waals surface area contributed by atoms with Gasteiger partial charge in [-0.15, -0.1) is 26.3 Å². The number of alkyl halides is 6. The highest BCUT2D eigenvalue weighted by molar-refractivity contribution is 5.88. The monoisotopic (exact) mass is 842 g/mol. The second kappa shape index (κ2) is 15.2. The van der Waals surface area contributed by atoms with E-state index in [-0.39, 0.29) is 36.4 Å². The number of halogens is 18. The van der Waals surface area contributed by atoms with Gasteiger partial charge >= 0.3 is 12.7 Å². The molecule has 0 saturated carbocycles. The van der Waals surface area contributed by atoms with Gasteiger partial charge in [0.2, 0.25) is 11.6 Å². The van der Waals surface area contributed by atoms with E-state index in [0.717, 1.165) is 12.1 Å². The van der Waals surface area contributed by atoms with Crippen LogP contribution in [0.3, 0.4) is 0 Å². The molecule has 5 rings (SSSR count). The van der Waals surface area contributed by atoms with Gasteiger partial charge in [0.15, 0.2) is 69.7 Å². The minimum atomic E-state index is -5.68. The van der Waals surface area contributed by atoms with Crippen LogP contribution in [0.4, 0.5) is 79.0 Å². The predicted octanol–water partition coefficient (Wildman–Crippen LogP) is 9.93. The standard InChI is InChI=1S/C36H8F18N2O2/c37-19-3-1-11(5-21(19)57-35(49,50)51)13-7-16(18(10-56)24-27(41)31(45)34(48)32(46)28(24)42)14(12-2-4-20(38)22(6-12)58-36(52,53)54)8-15(13)17(9-55)23-25(39)29(43)33(47)30(44)26(23)40/h1-8H/b17-15+,18-16+. The van der Waals surface area contributed by atoms with E-state index >= 15 is 17.6 Å². The van der Waals surface area contributed by atoms with Crippen molar-refractivity contribution in [2.75, 3.05) is 0 Å². The Labute approximate surface area is 308 Å². The molecule has 0 aliphatic heterocycles. The summed E-state index contributed by atoms with van der Waals surface area (Å²) in [5.41, 5.74) is -11.7. The average Bonchev–Trinajstić information content (AvgIpc) is 3.15. The summed E-state index contributed by atoms with van der Waals surface area (Å²) in [7, 11) is 0. The summed E-state index contributed by atoms with van der Waals surface area (Å²) >= 11 is 0. The Morgan fingerprint density at radius 3 is 0.948 bits per heavy atom. The first-order valence-electron chi connectivity index (χ1n) is 14.8. The molecule has 0 aliphatic rings. The molecule has 0 N–H and O–H groups in total. The summed E-state index contributed by atoms with van der Waals surface area (Å²) in [5, 5.41) is 17.7. The molecule has 0 amide bonds. The number of rotatable bonds is 6. The average molecular weight is 842 g/mol. The third kappa shape index (κ3) is 7.77. The van der Waals surface area contributed by atoms with Crippen LogP contribution in [-0.2, 0) is 0 Å². The lowest BCUT2D eigenvalue weighted by Crippen LogP contribution is -2.23. The van der Waals surface area contributed by atoms with Gasteiger partial charge in [-0.2, -0.15) is 10.5 Å². The van der Waals surface area contributed by atoms with E-state index in [0.29, 0.717) is 12.1 Å². The molecule has 0 atom stereocenters. The molecular formula is C36H8F18N2O2. The predicted molar refractivity (Wildman–Crippen MR) is 159 cm³/mol. The second-order valence-electron chi connectivity index (χ2n) is 11.2. The number of nitriles is 2. The van der Waals surface area contributed by atoms with Gasteiger partial charge in [0.1, 0.15) is 12.1 Å². The quantitative estimate of drug-likeness (QED) is 0.0971. The SMILES string of the molecule is N#C/C(c1c(F)c(F)c(F)c(F)c1F)=c1/cc(-c2ccc(F)c(OC(F)(F)F)c2)/c(=C(\C#N)c2c(F)c(F)c(F)c(F)c2F)cc1-c1ccc(F)c(OC(F)(F)F)c1. The topological polar surface area (TPSA) is 66.0 Å². The van der Waals surface area contributed by atoms with Crippen molar-refractivity contribution in [3.05, 3.63) is 140 Å². The maximum Gasteiger partial charge on any atom is 0.573 e. The molecule has 0 spiro atoms. The fourth-order valence-electron chi connectivity index (χ4n) is 5.39. The van der Waals surface area contributed by atoms with Crippen molar-refractivity contribution in [2.45, 2.75) is 12.7 Å². The summed E-state index contributed by atoms with van der Waals surface area (Å²) in [6, 6.07) is 4.18. The molecular weight excluding hydrogens is 834 g/mol. The van der Waals surface area contributed by atoms with Crippen molar-refractivity contribution in [2.24, 2.45) is 0 Å². The van der Waals surface area contributed by atoms with Gasteiger partial charge in [0, 0.05) is 10.4 Å². The second-order valence-corrected chi connectivity index (χ2v) is 11.2. The Hall–Kier alpha value is -6.84. The largest absolute Gasteiger partial charge is 0.573 e. The Bertz CT molecular complexity index is 2520. The van der Waals surface area contributed by atoms with Crippen LogP contribution in [0.2, 0.25) is 0 Å². The number of hydrogen-bond acceptors (Lipinski definition) is 4. The summed E-state index contributed by atoms with van der Waals surface area (Å²) < 4.78 is 262. The first kappa shape index (κ1) is 42.3. The highest BCUT2D eigenvalue weighted by Gasteiger charge is 2.35. The van der Waals surface area contributed by atoms with E-state index in [1.165, 1.54) is 0 Å². The van der Waals surface area contributed by atoms with Crippen LogP contribution in [0, 0.1) is 92.5 Å². The zero-order valence-corrected chi connectivity index (χ0v) is 27.1. The molecule has 0 fully saturated rings. The van der Waals surface area contributed by atoms with Crippen LogP contribution in [-0.4, -0.2) is 12.7 Å². The Morgan fingerprint density at radius 2 is 0.690 bits per heavy atom. The van der Waals surface area contributed by atoms with E-state index in [4.69, 9.17) is 0 Å². The molecule has 0 radical (unpaired) electrons. The lowest BCUT2D eigenvalue weighted by atomic mass is 9.89. The van der Waals surface area contributed by atoms with Crippen molar-refractivity contribution >= 4 is 11.1 Å². The van der Waals surface area contributed by atoms with Gasteiger partial charge in [-0.3, -0.25) is 0 Å². The Balaban J connectivity index is 2.18. The van der Waals surface area contributed by atoms with E-state index < -0.39 is 149 Å². The maximum absolute atomic E-state index is 15.2. The summed E-state index contributed by atoms with van der Waals surface area (Å²) in [5.74, 6) is -34.4. The van der Waals surface area contributed by atoms with Crippen LogP contribution in [0.25, 0.3) is 33.4 Å². The third-order valence-corrected chi connectivity index (χ3v) is 7.78. The minimum Gasteiger partial charge on any atom is -0.403 e. The zero-order valence-electron chi connectivity index (χ0n) is 27.1. The third-order valence-electron chi connectivity index (χ3n) is 7.78. The maximum atomic E-state index is 15.2. The van der Waals surface area contributed by atoms with E-state index in [9.17, 15) is 72.0 Å². The number of hydrogen-bond donors (Lipinski definition) is 0. The fraction of sp³-hybridized carbons (Fsp3) is 0.0556. The summed E-state index contributed by atoms with van der Waals surface area (Å²) in [6.07, 6.45) is -11.4. The van der Waals surface area contributed by atoms with Crippen molar-refractivity contribution in [1.29, 1.82) is 10.5 Å². The van der Waals surface area contributed by atoms with E-state index in [1.54, 1.807) is 0 Å². The molecule has 0 bridgehead atoms. The molecule has 0 saturated heterocycles. The number of nitrogens with zero attached hydrogens (tertiary/aromatic N) is 2. The molecule has 22 heteroatoms. The molecule has 0 heterocycles. The fourth-order valence-corrected chi connectivity index (χ4v) is 5.39. The lowest BCUT2D eigenvalue weighted by molar-refractivity contribution is -0.276. The van der Waals surface area contributed by atoms with Crippen molar-refractivity contribution < 1.29 is 88.5 Å². The van der Waals surface area contributed by atoms with Crippen molar-refractivity contribution in [1.82, 2.24) is 0 Å². The molecule has 300 valence electrons. The van der Waals surface area contributed by atoms with E-state index in [1.807, 2.05) is 0 Å². The van der Waals surface area contributed by atoms with E-state index in [2.05, 4.69) is 9.47 Å². The van der Waals surface area contributed by atoms with Gasteiger partial charge < -0.3 is 9.47 Å². The highest BCUT2D eigenvalue weighted by Crippen LogP contribution is 2.35. The molecule has 0 aromatic heterocycles. The van der Waals surface area contributed by atoms with Gasteiger partial charge in [0.05, 0.1) is 22.3 Å². The Morgan fingerprint density at radius 1 is 0.414 bits per heavy atom. The molecule has 5 aromatic rings. The molecule has 0 aliphatic carbocycles. The van der Waals surface area contributed by atoms with Gasteiger partial charge in [0.25, 0.3) is 0 Å². The number of ether oxygens (including phenoxy) is 2. The summed E-state index contributed by atoms with van der Waals surface area (Å²) in [4.78, 5) is 0. The zero-order chi connectivity index (χ0) is 43.3. The summed E-state index contributed by atoms with van der Waals surface area (Å²) in [6.45, 7) is 0. The lowest BCUT2D eigenvalue weighted by Gasteiger charge is -2.16. The molecule has 4 nitrogen and oxygen atoms in total. The van der Waals surface area contributed by atoms with Crippen molar-refractivity contribution in [3.8, 4) is 45.9 Å². The van der Waals surface area contributed by atoms with Gasteiger partial charge in [-0.25, -0.2) is 52.7 Å². The van der Waals surface area contributed by atoms with Crippen LogP contribution in [0.1, 0.15) is 11.1 Å². The van der Waals surface area contributed by atoms with Gasteiger partial charge in [-0.1, -0.05) is 12.1 Å². The van der Waals surface area contributed by atoms with Gasteiger partial charge in [-0.05, 0) is 58.7 Å². The normalized spacial score (nSPS) is 12.8.